The summed E-state index contributed by atoms with van der Waals surface area (Å²) in [5, 5.41) is 20.9. The van der Waals surface area contributed by atoms with Crippen molar-refractivity contribution >= 4 is 0 Å². The van der Waals surface area contributed by atoms with Crippen molar-refractivity contribution in [1.82, 2.24) is 20.1 Å². The smallest absolute Gasteiger partial charge is 0.149 e. The van der Waals surface area contributed by atoms with E-state index < -0.39 is 5.60 Å². The molecule has 1 aromatic rings. The molecule has 0 aliphatic heterocycles. The van der Waals surface area contributed by atoms with Gasteiger partial charge in [-0.15, -0.1) is 10.2 Å². The highest BCUT2D eigenvalue weighted by atomic mass is 16.3. The lowest BCUT2D eigenvalue weighted by Crippen LogP contribution is -2.38. The summed E-state index contributed by atoms with van der Waals surface area (Å²) in [6.07, 6.45) is 2.40. The average molecular weight is 212 g/mol. The molecule has 5 nitrogen and oxygen atoms in total. The molecule has 1 heterocycles. The Hall–Kier alpha value is -0.940. The zero-order chi connectivity index (χ0) is 11.5. The first-order valence-corrected chi connectivity index (χ1v) is 5.26. The Bertz CT molecular complexity index is 308. The van der Waals surface area contributed by atoms with Crippen LogP contribution in [0.3, 0.4) is 0 Å². The summed E-state index contributed by atoms with van der Waals surface area (Å²) in [4.78, 5) is 0. The van der Waals surface area contributed by atoms with Gasteiger partial charge in [-0.05, 0) is 20.3 Å². The van der Waals surface area contributed by atoms with Crippen LogP contribution in [0.15, 0.2) is 6.33 Å². The number of rotatable bonds is 5. The van der Waals surface area contributed by atoms with Crippen LogP contribution in [0, 0.1) is 0 Å². The van der Waals surface area contributed by atoms with Crippen LogP contribution >= 0.6 is 0 Å². The molecule has 15 heavy (non-hydrogen) atoms. The van der Waals surface area contributed by atoms with E-state index in [9.17, 15) is 5.11 Å². The van der Waals surface area contributed by atoms with Crippen molar-refractivity contribution in [3.8, 4) is 0 Å². The molecule has 2 N–H and O–H groups in total. The summed E-state index contributed by atoms with van der Waals surface area (Å²) in [5.41, 5.74) is -0.660. The average Bonchev–Trinajstić information content (AvgIpc) is 2.61. The Morgan fingerprint density at radius 2 is 2.33 bits per heavy atom. The van der Waals surface area contributed by atoms with Crippen molar-refractivity contribution < 1.29 is 5.11 Å². The van der Waals surface area contributed by atoms with Crippen LogP contribution in [0.1, 0.15) is 39.1 Å². The Morgan fingerprint density at radius 1 is 1.67 bits per heavy atom. The van der Waals surface area contributed by atoms with Crippen molar-refractivity contribution in [2.45, 2.75) is 38.8 Å². The highest BCUT2D eigenvalue weighted by Gasteiger charge is 2.19. The van der Waals surface area contributed by atoms with Crippen molar-refractivity contribution in [3.05, 3.63) is 12.2 Å². The third kappa shape index (κ3) is 3.28. The molecule has 1 aromatic heterocycles. The molecule has 0 aromatic carbocycles. The molecular formula is C10H20N4O. The number of hydrogen-bond acceptors (Lipinski definition) is 4. The molecule has 0 fully saturated rings. The number of aliphatic hydroxyl groups is 1. The first-order chi connectivity index (χ1) is 6.96. The van der Waals surface area contributed by atoms with E-state index in [1.165, 1.54) is 0 Å². The first-order valence-electron chi connectivity index (χ1n) is 5.26. The number of hydrogen-bond donors (Lipinski definition) is 2. The number of aromatic nitrogens is 3. The maximum atomic E-state index is 9.83. The van der Waals surface area contributed by atoms with Crippen LogP contribution in [-0.4, -0.2) is 32.0 Å². The molecular weight excluding hydrogens is 192 g/mol. The minimum Gasteiger partial charge on any atom is -0.389 e. The second-order valence-electron chi connectivity index (χ2n) is 4.25. The third-order valence-electron chi connectivity index (χ3n) is 2.68. The minimum atomic E-state index is -0.660. The van der Waals surface area contributed by atoms with E-state index in [1.54, 1.807) is 6.33 Å². The highest BCUT2D eigenvalue weighted by Crippen LogP contribution is 2.11. The second-order valence-corrected chi connectivity index (χ2v) is 4.25. The predicted molar refractivity (Wildman–Crippen MR) is 58.3 cm³/mol. The fraction of sp³-hybridized carbons (Fsp3) is 0.800. The quantitative estimate of drug-likeness (QED) is 0.751. The van der Waals surface area contributed by atoms with Gasteiger partial charge in [0.1, 0.15) is 12.2 Å². The van der Waals surface area contributed by atoms with Crippen molar-refractivity contribution in [2.24, 2.45) is 7.05 Å². The molecule has 0 saturated heterocycles. The zero-order valence-electron chi connectivity index (χ0n) is 9.86. The van der Waals surface area contributed by atoms with E-state index in [-0.39, 0.29) is 6.04 Å². The molecule has 0 amide bonds. The summed E-state index contributed by atoms with van der Waals surface area (Å²) in [6.45, 7) is 6.35. The van der Waals surface area contributed by atoms with E-state index >= 15 is 0 Å². The fourth-order valence-corrected chi connectivity index (χ4v) is 1.27. The molecule has 0 saturated carbocycles. The maximum Gasteiger partial charge on any atom is 0.149 e. The minimum absolute atomic E-state index is 0.0931. The number of aryl methyl sites for hydroxylation is 1. The van der Waals surface area contributed by atoms with Crippen LogP contribution in [-0.2, 0) is 7.05 Å². The van der Waals surface area contributed by atoms with Crippen LogP contribution in [0.25, 0.3) is 0 Å². The van der Waals surface area contributed by atoms with E-state index in [0.717, 1.165) is 12.2 Å². The van der Waals surface area contributed by atoms with Gasteiger partial charge in [-0.25, -0.2) is 0 Å². The van der Waals surface area contributed by atoms with Crippen LogP contribution in [0.5, 0.6) is 0 Å². The standard InChI is InChI=1S/C10H20N4O/c1-5-10(3,15)6-11-8(2)9-13-12-7-14(9)4/h7-8,11,15H,5-6H2,1-4H3. The van der Waals surface area contributed by atoms with E-state index in [1.807, 2.05) is 32.4 Å². The summed E-state index contributed by atoms with van der Waals surface area (Å²) in [6, 6.07) is 0.0931. The number of nitrogens with zero attached hydrogens (tertiary/aromatic N) is 3. The van der Waals surface area contributed by atoms with Crippen molar-refractivity contribution in [1.29, 1.82) is 0 Å². The van der Waals surface area contributed by atoms with Gasteiger partial charge in [0.15, 0.2) is 0 Å². The normalized spacial score (nSPS) is 17.4. The molecule has 0 aliphatic carbocycles. The van der Waals surface area contributed by atoms with Gasteiger partial charge in [0.05, 0.1) is 11.6 Å². The van der Waals surface area contributed by atoms with Gasteiger partial charge in [-0.3, -0.25) is 0 Å². The van der Waals surface area contributed by atoms with Gasteiger partial charge in [0, 0.05) is 13.6 Å². The van der Waals surface area contributed by atoms with Gasteiger partial charge >= 0.3 is 0 Å². The lowest BCUT2D eigenvalue weighted by molar-refractivity contribution is 0.0530. The van der Waals surface area contributed by atoms with E-state index in [4.69, 9.17) is 0 Å². The van der Waals surface area contributed by atoms with Gasteiger partial charge in [0.2, 0.25) is 0 Å². The maximum absolute atomic E-state index is 9.83. The molecule has 0 radical (unpaired) electrons. The van der Waals surface area contributed by atoms with Crippen LogP contribution < -0.4 is 5.32 Å². The lowest BCUT2D eigenvalue weighted by atomic mass is 10.0. The van der Waals surface area contributed by atoms with Crippen molar-refractivity contribution in [2.75, 3.05) is 6.54 Å². The second kappa shape index (κ2) is 4.72. The van der Waals surface area contributed by atoms with Crippen LogP contribution in [0.2, 0.25) is 0 Å². The SMILES string of the molecule is CCC(C)(O)CNC(C)c1nncn1C. The Labute approximate surface area is 90.5 Å². The Kier molecular flexibility index (Phi) is 3.82. The molecule has 2 unspecified atom stereocenters. The zero-order valence-corrected chi connectivity index (χ0v) is 9.86. The molecule has 1 rings (SSSR count). The molecule has 0 bridgehead atoms. The Balaban J connectivity index is 2.50. The molecule has 2 atom stereocenters. The number of nitrogens with one attached hydrogen (secondary N) is 1. The largest absolute Gasteiger partial charge is 0.389 e. The molecule has 0 spiro atoms. The fourth-order valence-electron chi connectivity index (χ4n) is 1.27. The summed E-state index contributed by atoms with van der Waals surface area (Å²) in [5.74, 6) is 0.877. The van der Waals surface area contributed by atoms with Crippen LogP contribution in [0.4, 0.5) is 0 Å². The van der Waals surface area contributed by atoms with Crippen molar-refractivity contribution in [3.63, 3.8) is 0 Å². The highest BCUT2D eigenvalue weighted by molar-refractivity contribution is 4.92. The first kappa shape index (κ1) is 12.1. The monoisotopic (exact) mass is 212 g/mol. The summed E-state index contributed by atoms with van der Waals surface area (Å²) in [7, 11) is 1.91. The lowest BCUT2D eigenvalue weighted by Gasteiger charge is -2.24. The van der Waals surface area contributed by atoms with E-state index in [0.29, 0.717) is 6.54 Å². The molecule has 0 aliphatic rings. The van der Waals surface area contributed by atoms with Gasteiger partial charge in [-0.2, -0.15) is 0 Å². The van der Waals surface area contributed by atoms with Gasteiger partial charge < -0.3 is 15.0 Å². The molecule has 86 valence electrons. The van der Waals surface area contributed by atoms with Gasteiger partial charge in [-0.1, -0.05) is 6.92 Å². The third-order valence-corrected chi connectivity index (χ3v) is 2.68. The summed E-state index contributed by atoms with van der Waals surface area (Å²) < 4.78 is 1.87. The van der Waals surface area contributed by atoms with Gasteiger partial charge in [0.25, 0.3) is 0 Å². The van der Waals surface area contributed by atoms with E-state index in [2.05, 4.69) is 15.5 Å². The summed E-state index contributed by atoms with van der Waals surface area (Å²) >= 11 is 0. The molecule has 5 heteroatoms. The predicted octanol–water partition coefficient (Wildman–Crippen LogP) is 0.627. The Morgan fingerprint density at radius 3 is 2.80 bits per heavy atom. The topological polar surface area (TPSA) is 63.0 Å².